The van der Waals surface area contributed by atoms with Gasteiger partial charge in [-0.1, -0.05) is 31.2 Å². The molecule has 21 heavy (non-hydrogen) atoms. The minimum atomic E-state index is -0.620. The summed E-state index contributed by atoms with van der Waals surface area (Å²) in [6, 6.07) is 7.75. The van der Waals surface area contributed by atoms with Gasteiger partial charge in [0.25, 0.3) is 11.1 Å². The number of methoxy groups -OCH3 is 1. The molecular weight excluding hydrogens is 290 g/mol. The van der Waals surface area contributed by atoms with Gasteiger partial charge in [-0.2, -0.15) is 0 Å². The molecule has 2 amide bonds. The highest BCUT2D eigenvalue weighted by atomic mass is 32.2. The fourth-order valence-electron chi connectivity index (χ4n) is 1.83. The molecule has 5 nitrogen and oxygen atoms in total. The number of imide groups is 1. The third-order valence-corrected chi connectivity index (χ3v) is 3.98. The van der Waals surface area contributed by atoms with Gasteiger partial charge in [0, 0.05) is 0 Å². The van der Waals surface area contributed by atoms with E-state index in [1.165, 1.54) is 12.7 Å². The molecule has 1 aliphatic rings. The molecule has 1 aliphatic heterocycles. The van der Waals surface area contributed by atoms with Crippen LogP contribution in [0, 0.1) is 0 Å². The molecule has 0 atom stereocenters. The number of amides is 2. The molecule has 0 N–H and O–H groups in total. The van der Waals surface area contributed by atoms with Crippen LogP contribution in [0.2, 0.25) is 0 Å². The molecule has 0 bridgehead atoms. The van der Waals surface area contributed by atoms with Crippen molar-refractivity contribution in [3.8, 4) is 0 Å². The second-order valence-electron chi connectivity index (χ2n) is 4.44. The monoisotopic (exact) mass is 305 g/mol. The molecule has 0 unspecified atom stereocenters. The first-order chi connectivity index (χ1) is 10.0. The van der Waals surface area contributed by atoms with Crippen LogP contribution in [0.15, 0.2) is 29.2 Å². The molecule has 0 saturated carbocycles. The molecule has 1 aromatic rings. The van der Waals surface area contributed by atoms with Crippen molar-refractivity contribution in [2.45, 2.75) is 13.3 Å². The number of hydrogen-bond donors (Lipinski definition) is 0. The Balaban J connectivity index is 2.17. The van der Waals surface area contributed by atoms with E-state index < -0.39 is 17.1 Å². The number of carbonyl (C=O) groups excluding carboxylic acids is 3. The van der Waals surface area contributed by atoms with Gasteiger partial charge in [0.05, 0.1) is 12.0 Å². The molecule has 0 aromatic heterocycles. The summed E-state index contributed by atoms with van der Waals surface area (Å²) in [5, 5.41) is -0.457. The van der Waals surface area contributed by atoms with Crippen molar-refractivity contribution >= 4 is 35.0 Å². The Kier molecular flexibility index (Phi) is 4.80. The van der Waals surface area contributed by atoms with E-state index in [0.717, 1.165) is 28.6 Å². The quantitative estimate of drug-likeness (QED) is 0.631. The molecule has 6 heteroatoms. The van der Waals surface area contributed by atoms with E-state index in [4.69, 9.17) is 0 Å². The topological polar surface area (TPSA) is 63.7 Å². The Hall–Kier alpha value is -2.08. The standard InChI is InChI=1S/C15H15NO4S/c1-3-10-4-6-11(7-5-10)8-12-14(18)16(15(19)21-12)9-13(17)20-2/h4-8H,3,9H2,1-2H3/b12-8-. The SMILES string of the molecule is CCc1ccc(/C=C2\SC(=O)N(CC(=O)OC)C2=O)cc1. The number of carbonyl (C=O) groups is 3. The van der Waals surface area contributed by atoms with Crippen LogP contribution < -0.4 is 0 Å². The summed E-state index contributed by atoms with van der Waals surface area (Å²) in [6.45, 7) is 1.71. The molecule has 0 aliphatic carbocycles. The largest absolute Gasteiger partial charge is 0.468 e. The zero-order chi connectivity index (χ0) is 15.4. The van der Waals surface area contributed by atoms with E-state index in [1.807, 2.05) is 24.3 Å². The van der Waals surface area contributed by atoms with E-state index in [-0.39, 0.29) is 6.54 Å². The van der Waals surface area contributed by atoms with E-state index in [9.17, 15) is 14.4 Å². The predicted octanol–water partition coefficient (Wildman–Crippen LogP) is 2.46. The van der Waals surface area contributed by atoms with Crippen LogP contribution in [-0.4, -0.2) is 35.7 Å². The highest BCUT2D eigenvalue weighted by Crippen LogP contribution is 2.32. The average molecular weight is 305 g/mol. The van der Waals surface area contributed by atoms with E-state index >= 15 is 0 Å². The Bertz CT molecular complexity index is 607. The van der Waals surface area contributed by atoms with Gasteiger partial charge in [-0.25, -0.2) is 0 Å². The fourth-order valence-corrected chi connectivity index (χ4v) is 2.67. The van der Waals surface area contributed by atoms with Crippen molar-refractivity contribution in [3.63, 3.8) is 0 Å². The van der Waals surface area contributed by atoms with Gasteiger partial charge in [0.15, 0.2) is 0 Å². The average Bonchev–Trinajstić information content (AvgIpc) is 2.75. The lowest BCUT2D eigenvalue weighted by Gasteiger charge is -2.09. The summed E-state index contributed by atoms with van der Waals surface area (Å²) >= 11 is 0.830. The third kappa shape index (κ3) is 3.52. The number of nitrogens with zero attached hydrogens (tertiary/aromatic N) is 1. The van der Waals surface area contributed by atoms with Crippen LogP contribution in [0.5, 0.6) is 0 Å². The van der Waals surface area contributed by atoms with Crippen LogP contribution >= 0.6 is 11.8 Å². The Morgan fingerprint density at radius 2 is 1.95 bits per heavy atom. The van der Waals surface area contributed by atoms with Crippen LogP contribution in [0.1, 0.15) is 18.1 Å². The number of esters is 1. The van der Waals surface area contributed by atoms with Gasteiger partial charge in [-0.15, -0.1) is 0 Å². The van der Waals surface area contributed by atoms with E-state index in [1.54, 1.807) is 6.08 Å². The van der Waals surface area contributed by atoms with Crippen LogP contribution in [0.4, 0.5) is 4.79 Å². The van der Waals surface area contributed by atoms with Gasteiger partial charge in [-0.05, 0) is 35.4 Å². The van der Waals surface area contributed by atoms with Gasteiger partial charge in [-0.3, -0.25) is 19.3 Å². The fraction of sp³-hybridized carbons (Fsp3) is 0.267. The van der Waals surface area contributed by atoms with Gasteiger partial charge >= 0.3 is 5.97 Å². The summed E-state index contributed by atoms with van der Waals surface area (Å²) in [6.07, 6.45) is 2.59. The van der Waals surface area contributed by atoms with Crippen molar-refractivity contribution in [2.75, 3.05) is 13.7 Å². The normalized spacial score (nSPS) is 16.7. The second kappa shape index (κ2) is 6.58. The van der Waals surface area contributed by atoms with Gasteiger partial charge in [0.1, 0.15) is 6.54 Å². The summed E-state index contributed by atoms with van der Waals surface area (Å²) in [7, 11) is 1.21. The Morgan fingerprint density at radius 1 is 1.29 bits per heavy atom. The maximum atomic E-state index is 12.1. The van der Waals surface area contributed by atoms with Crippen LogP contribution in [-0.2, 0) is 20.7 Å². The van der Waals surface area contributed by atoms with Crippen LogP contribution in [0.25, 0.3) is 6.08 Å². The van der Waals surface area contributed by atoms with Crippen molar-refractivity contribution in [1.29, 1.82) is 0 Å². The Labute approximate surface area is 127 Å². The lowest BCUT2D eigenvalue weighted by Crippen LogP contribution is -2.34. The molecule has 110 valence electrons. The number of aryl methyl sites for hydroxylation is 1. The van der Waals surface area contributed by atoms with E-state index in [2.05, 4.69) is 11.7 Å². The molecule has 1 aromatic carbocycles. The number of thioether (sulfide) groups is 1. The van der Waals surface area contributed by atoms with Crippen LogP contribution in [0.3, 0.4) is 0 Å². The van der Waals surface area contributed by atoms with Crippen molar-refractivity contribution in [1.82, 2.24) is 4.90 Å². The number of ether oxygens (including phenoxy) is 1. The molecule has 2 rings (SSSR count). The molecular formula is C15H15NO4S. The first-order valence-electron chi connectivity index (χ1n) is 6.46. The third-order valence-electron chi connectivity index (χ3n) is 3.07. The maximum absolute atomic E-state index is 12.1. The highest BCUT2D eigenvalue weighted by molar-refractivity contribution is 8.18. The maximum Gasteiger partial charge on any atom is 0.325 e. The summed E-state index contributed by atoms with van der Waals surface area (Å²) in [4.78, 5) is 36.3. The highest BCUT2D eigenvalue weighted by Gasteiger charge is 2.36. The van der Waals surface area contributed by atoms with Crippen molar-refractivity contribution in [2.24, 2.45) is 0 Å². The minimum absolute atomic E-state index is 0.313. The number of hydrogen-bond acceptors (Lipinski definition) is 5. The van der Waals surface area contributed by atoms with Crippen molar-refractivity contribution in [3.05, 3.63) is 40.3 Å². The zero-order valence-electron chi connectivity index (χ0n) is 11.8. The first kappa shape index (κ1) is 15.3. The molecule has 1 fully saturated rings. The lowest BCUT2D eigenvalue weighted by molar-refractivity contribution is -0.143. The van der Waals surface area contributed by atoms with Gasteiger partial charge < -0.3 is 4.74 Å². The molecule has 0 radical (unpaired) electrons. The number of benzene rings is 1. The van der Waals surface area contributed by atoms with E-state index in [0.29, 0.717) is 4.91 Å². The Morgan fingerprint density at radius 3 is 2.52 bits per heavy atom. The summed E-state index contributed by atoms with van der Waals surface area (Å²) in [5.41, 5.74) is 2.04. The second-order valence-corrected chi connectivity index (χ2v) is 5.43. The lowest BCUT2D eigenvalue weighted by atomic mass is 10.1. The van der Waals surface area contributed by atoms with Gasteiger partial charge in [0.2, 0.25) is 0 Å². The zero-order valence-corrected chi connectivity index (χ0v) is 12.6. The molecule has 1 saturated heterocycles. The van der Waals surface area contributed by atoms with Crippen molar-refractivity contribution < 1.29 is 19.1 Å². The summed E-state index contributed by atoms with van der Waals surface area (Å²) in [5.74, 6) is -1.08. The predicted molar refractivity (Wildman–Crippen MR) is 80.5 cm³/mol. The first-order valence-corrected chi connectivity index (χ1v) is 7.28. The molecule has 0 spiro atoms. The minimum Gasteiger partial charge on any atom is -0.468 e. The summed E-state index contributed by atoms with van der Waals surface area (Å²) < 4.78 is 4.47. The molecule has 1 heterocycles. The smallest absolute Gasteiger partial charge is 0.325 e. The number of rotatable bonds is 4.